The first-order chi connectivity index (χ1) is 6.66. The summed E-state index contributed by atoms with van der Waals surface area (Å²) in [6.07, 6.45) is 1.92. The predicted octanol–water partition coefficient (Wildman–Crippen LogP) is 0.869. The third kappa shape index (κ3) is 4.17. The number of ether oxygens (including phenoxy) is 1. The monoisotopic (exact) mass is 219 g/mol. The molecule has 1 aliphatic heterocycles. The van der Waals surface area contributed by atoms with Gasteiger partial charge in [-0.15, -0.1) is 0 Å². The summed E-state index contributed by atoms with van der Waals surface area (Å²) in [6.45, 7) is 3.62. The Morgan fingerprint density at radius 3 is 3.00 bits per heavy atom. The number of rotatable bonds is 6. The van der Waals surface area contributed by atoms with Crippen LogP contribution in [0.5, 0.6) is 0 Å². The largest absolute Gasteiger partial charge is 0.388 e. The van der Waals surface area contributed by atoms with E-state index in [-0.39, 0.29) is 0 Å². The average Bonchev–Trinajstić information content (AvgIpc) is 2.60. The van der Waals surface area contributed by atoms with E-state index in [0.717, 1.165) is 31.0 Å². The van der Waals surface area contributed by atoms with Gasteiger partial charge in [0.25, 0.3) is 0 Å². The van der Waals surface area contributed by atoms with Crippen LogP contribution in [0.15, 0.2) is 0 Å². The lowest BCUT2D eigenvalue weighted by Crippen LogP contribution is -2.44. The third-order valence-corrected chi connectivity index (χ3v) is 3.85. The van der Waals surface area contributed by atoms with Crippen molar-refractivity contribution in [3.05, 3.63) is 0 Å². The van der Waals surface area contributed by atoms with E-state index in [9.17, 15) is 5.11 Å². The first-order valence-corrected chi connectivity index (χ1v) is 6.34. The zero-order valence-corrected chi connectivity index (χ0v) is 9.90. The van der Waals surface area contributed by atoms with E-state index in [0.29, 0.717) is 12.6 Å². The number of hydrogen-bond acceptors (Lipinski definition) is 4. The van der Waals surface area contributed by atoms with Crippen LogP contribution < -0.4 is 5.32 Å². The molecule has 3 nitrogen and oxygen atoms in total. The molecular weight excluding hydrogens is 198 g/mol. The van der Waals surface area contributed by atoms with Gasteiger partial charge >= 0.3 is 0 Å². The Hall–Kier alpha value is 0.230. The normalized spacial score (nSPS) is 29.4. The van der Waals surface area contributed by atoms with Crippen molar-refractivity contribution in [2.24, 2.45) is 0 Å². The fourth-order valence-electron chi connectivity index (χ4n) is 1.50. The van der Waals surface area contributed by atoms with E-state index >= 15 is 0 Å². The molecule has 0 aliphatic carbocycles. The Bertz CT molecular complexity index is 160. The number of methoxy groups -OCH3 is 1. The van der Waals surface area contributed by atoms with Gasteiger partial charge in [-0.3, -0.25) is 0 Å². The van der Waals surface area contributed by atoms with Gasteiger partial charge in [-0.1, -0.05) is 0 Å². The minimum atomic E-state index is -0.466. The van der Waals surface area contributed by atoms with E-state index in [2.05, 4.69) is 12.2 Å². The molecule has 84 valence electrons. The maximum atomic E-state index is 10.1. The summed E-state index contributed by atoms with van der Waals surface area (Å²) < 4.78 is 5.00. The van der Waals surface area contributed by atoms with E-state index in [4.69, 9.17) is 4.74 Å². The molecule has 0 saturated carbocycles. The molecule has 0 bridgehead atoms. The summed E-state index contributed by atoms with van der Waals surface area (Å²) >= 11 is 1.84. The lowest BCUT2D eigenvalue weighted by Gasteiger charge is -2.24. The van der Waals surface area contributed by atoms with Gasteiger partial charge in [0.2, 0.25) is 0 Å². The molecule has 0 radical (unpaired) electrons. The topological polar surface area (TPSA) is 41.5 Å². The number of hydrogen-bond donors (Lipinski definition) is 2. The van der Waals surface area contributed by atoms with E-state index < -0.39 is 5.60 Å². The van der Waals surface area contributed by atoms with Crippen molar-refractivity contribution in [3.63, 3.8) is 0 Å². The molecule has 0 aromatic heterocycles. The minimum Gasteiger partial charge on any atom is -0.388 e. The summed E-state index contributed by atoms with van der Waals surface area (Å²) in [6, 6.07) is 0.421. The second-order valence-corrected chi connectivity index (χ2v) is 5.20. The van der Waals surface area contributed by atoms with Gasteiger partial charge in [0.05, 0.1) is 5.60 Å². The molecule has 1 aliphatic rings. The maximum Gasteiger partial charge on any atom is 0.0869 e. The molecule has 2 unspecified atom stereocenters. The van der Waals surface area contributed by atoms with Gasteiger partial charge in [0.1, 0.15) is 0 Å². The Balaban J connectivity index is 2.12. The van der Waals surface area contributed by atoms with Gasteiger partial charge < -0.3 is 15.2 Å². The smallest absolute Gasteiger partial charge is 0.0869 e. The summed E-state index contributed by atoms with van der Waals surface area (Å²) in [4.78, 5) is 0. The van der Waals surface area contributed by atoms with Crippen LogP contribution in [0.1, 0.15) is 19.8 Å². The van der Waals surface area contributed by atoms with E-state index in [1.54, 1.807) is 7.11 Å². The van der Waals surface area contributed by atoms with Gasteiger partial charge in [0, 0.05) is 32.1 Å². The summed E-state index contributed by atoms with van der Waals surface area (Å²) in [5, 5.41) is 13.4. The van der Waals surface area contributed by atoms with E-state index in [1.807, 2.05) is 11.8 Å². The first kappa shape index (κ1) is 12.3. The minimum absolute atomic E-state index is 0.421. The highest BCUT2D eigenvalue weighted by Gasteiger charge is 2.31. The van der Waals surface area contributed by atoms with Crippen molar-refractivity contribution in [1.29, 1.82) is 0 Å². The van der Waals surface area contributed by atoms with Crippen molar-refractivity contribution in [3.8, 4) is 0 Å². The summed E-state index contributed by atoms with van der Waals surface area (Å²) in [5.74, 6) is 1.96. The number of aliphatic hydroxyl groups is 1. The molecule has 1 rings (SSSR count). The van der Waals surface area contributed by atoms with Gasteiger partial charge in [-0.25, -0.2) is 0 Å². The van der Waals surface area contributed by atoms with Crippen molar-refractivity contribution in [1.82, 2.24) is 5.32 Å². The molecule has 2 atom stereocenters. The van der Waals surface area contributed by atoms with Gasteiger partial charge in [-0.05, 0) is 25.5 Å². The number of thioether (sulfide) groups is 1. The summed E-state index contributed by atoms with van der Waals surface area (Å²) in [7, 11) is 1.72. The van der Waals surface area contributed by atoms with Crippen LogP contribution in [-0.4, -0.2) is 48.5 Å². The average molecular weight is 219 g/mol. The fourth-order valence-corrected chi connectivity index (χ4v) is 2.79. The summed E-state index contributed by atoms with van der Waals surface area (Å²) in [5.41, 5.74) is -0.466. The highest BCUT2D eigenvalue weighted by Crippen LogP contribution is 2.27. The van der Waals surface area contributed by atoms with Crippen molar-refractivity contribution in [2.45, 2.75) is 31.4 Å². The van der Waals surface area contributed by atoms with Gasteiger partial charge in [0.15, 0.2) is 0 Å². The highest BCUT2D eigenvalue weighted by atomic mass is 32.2. The van der Waals surface area contributed by atoms with Crippen LogP contribution in [0.25, 0.3) is 0 Å². The Morgan fingerprint density at radius 2 is 2.43 bits per heavy atom. The van der Waals surface area contributed by atoms with Crippen LogP contribution in [0, 0.1) is 0 Å². The zero-order chi connectivity index (χ0) is 10.4. The molecule has 2 N–H and O–H groups in total. The standard InChI is InChI=1S/C10H21NO2S/c1-9(3-5-13-2)11-7-10(12)4-6-14-8-10/h9,11-12H,3-8H2,1-2H3. The van der Waals surface area contributed by atoms with Crippen LogP contribution in [0.2, 0.25) is 0 Å². The quantitative estimate of drug-likeness (QED) is 0.695. The molecule has 0 spiro atoms. The third-order valence-electron chi connectivity index (χ3n) is 2.62. The van der Waals surface area contributed by atoms with Crippen LogP contribution in [0.4, 0.5) is 0 Å². The van der Waals surface area contributed by atoms with Crippen molar-refractivity contribution in [2.75, 3.05) is 31.8 Å². The predicted molar refractivity (Wildman–Crippen MR) is 60.8 cm³/mol. The Morgan fingerprint density at radius 1 is 1.64 bits per heavy atom. The molecule has 0 aromatic rings. The molecule has 1 heterocycles. The highest BCUT2D eigenvalue weighted by molar-refractivity contribution is 7.99. The molecule has 0 aromatic carbocycles. The fraction of sp³-hybridized carbons (Fsp3) is 1.00. The van der Waals surface area contributed by atoms with Crippen LogP contribution in [0.3, 0.4) is 0 Å². The Kier molecular flexibility index (Phi) is 5.23. The molecule has 1 fully saturated rings. The van der Waals surface area contributed by atoms with Crippen LogP contribution >= 0.6 is 11.8 Å². The molecule has 0 amide bonds. The number of nitrogens with one attached hydrogen (secondary N) is 1. The van der Waals surface area contributed by atoms with Gasteiger partial charge in [-0.2, -0.15) is 11.8 Å². The van der Waals surface area contributed by atoms with E-state index in [1.165, 1.54) is 0 Å². The zero-order valence-electron chi connectivity index (χ0n) is 9.08. The second kappa shape index (κ2) is 5.95. The molecular formula is C10H21NO2S. The molecule has 14 heavy (non-hydrogen) atoms. The maximum absolute atomic E-state index is 10.1. The Labute approximate surface area is 90.6 Å². The lowest BCUT2D eigenvalue weighted by atomic mass is 10.0. The second-order valence-electron chi connectivity index (χ2n) is 4.09. The van der Waals surface area contributed by atoms with Crippen LogP contribution in [-0.2, 0) is 4.74 Å². The first-order valence-electron chi connectivity index (χ1n) is 5.19. The van der Waals surface area contributed by atoms with Crippen molar-refractivity contribution >= 4 is 11.8 Å². The molecule has 4 heteroatoms. The molecule has 1 saturated heterocycles. The SMILES string of the molecule is COCCC(C)NCC1(O)CCSC1. The van der Waals surface area contributed by atoms with Crippen molar-refractivity contribution < 1.29 is 9.84 Å². The lowest BCUT2D eigenvalue weighted by molar-refractivity contribution is 0.0635.